The zero-order chi connectivity index (χ0) is 20.5. The number of unbranched alkanes of at least 4 members (excludes halogenated alkanes) is 3. The molecule has 0 N–H and O–H groups in total. The number of aromatic nitrogens is 2. The Kier molecular flexibility index (Phi) is 8.38. The van der Waals surface area contributed by atoms with E-state index in [4.69, 9.17) is 4.98 Å². The summed E-state index contributed by atoms with van der Waals surface area (Å²) < 4.78 is 28.8. The molecule has 29 heavy (non-hydrogen) atoms. The molecule has 0 bridgehead atoms. The van der Waals surface area contributed by atoms with E-state index in [9.17, 15) is 8.78 Å². The van der Waals surface area contributed by atoms with Gasteiger partial charge in [-0.15, -0.1) is 0 Å². The van der Waals surface area contributed by atoms with Gasteiger partial charge >= 0.3 is 6.61 Å². The van der Waals surface area contributed by atoms with Gasteiger partial charge in [0.15, 0.2) is 0 Å². The van der Waals surface area contributed by atoms with Gasteiger partial charge in [-0.3, -0.25) is 4.98 Å². The standard InChI is InChI=1S/C24H32F2N2O/c1-2-18(20-14-16-23(27-17-20)29-24(25)26)9-5-3-4-6-11-21-15-13-19-10-7-8-12-22(19)28-21/h13-18,24H,2-12H2,1H3/t18-/m1/s1. The predicted octanol–water partition coefficient (Wildman–Crippen LogP) is 6.64. The van der Waals surface area contributed by atoms with E-state index in [1.54, 1.807) is 6.20 Å². The van der Waals surface area contributed by atoms with Gasteiger partial charge in [0.05, 0.1) is 0 Å². The van der Waals surface area contributed by atoms with Crippen LogP contribution in [0, 0.1) is 0 Å². The lowest BCUT2D eigenvalue weighted by molar-refractivity contribution is -0.0528. The first-order valence-corrected chi connectivity index (χ1v) is 11.0. The van der Waals surface area contributed by atoms with Crippen molar-refractivity contribution in [3.05, 3.63) is 53.0 Å². The van der Waals surface area contributed by atoms with Crippen molar-refractivity contribution in [3.8, 4) is 5.88 Å². The molecule has 1 atom stereocenters. The van der Waals surface area contributed by atoms with Crippen molar-refractivity contribution in [3.63, 3.8) is 0 Å². The summed E-state index contributed by atoms with van der Waals surface area (Å²) in [6, 6.07) is 7.90. The van der Waals surface area contributed by atoms with Crippen molar-refractivity contribution < 1.29 is 13.5 Å². The molecule has 3 nitrogen and oxygen atoms in total. The Morgan fingerprint density at radius 2 is 1.83 bits per heavy atom. The summed E-state index contributed by atoms with van der Waals surface area (Å²) in [5.74, 6) is 0.403. The zero-order valence-electron chi connectivity index (χ0n) is 17.4. The third kappa shape index (κ3) is 6.76. The third-order valence-electron chi connectivity index (χ3n) is 5.90. The Bertz CT molecular complexity index is 749. The van der Waals surface area contributed by atoms with Crippen LogP contribution < -0.4 is 4.74 Å². The number of aryl methyl sites for hydroxylation is 3. The van der Waals surface area contributed by atoms with E-state index in [2.05, 4.69) is 28.8 Å². The molecular formula is C24H32F2N2O. The van der Waals surface area contributed by atoms with Gasteiger partial charge in [0, 0.05) is 23.7 Å². The van der Waals surface area contributed by atoms with Gasteiger partial charge < -0.3 is 4.74 Å². The number of ether oxygens (including phenoxy) is 1. The number of hydrogen-bond donors (Lipinski definition) is 0. The van der Waals surface area contributed by atoms with Gasteiger partial charge in [-0.2, -0.15) is 8.78 Å². The Morgan fingerprint density at radius 3 is 2.59 bits per heavy atom. The summed E-state index contributed by atoms with van der Waals surface area (Å²) in [5, 5.41) is 0. The summed E-state index contributed by atoms with van der Waals surface area (Å²) in [5.41, 5.74) is 5.13. The smallest absolute Gasteiger partial charge is 0.388 e. The Balaban J connectivity index is 1.36. The van der Waals surface area contributed by atoms with Crippen LogP contribution in [0.4, 0.5) is 8.78 Å². The lowest BCUT2D eigenvalue weighted by Gasteiger charge is -2.16. The largest absolute Gasteiger partial charge is 0.417 e. The second kappa shape index (κ2) is 11.2. The molecular weight excluding hydrogens is 370 g/mol. The number of pyridine rings is 2. The molecule has 1 aliphatic carbocycles. The lowest BCUT2D eigenvalue weighted by atomic mass is 9.92. The van der Waals surface area contributed by atoms with Gasteiger partial charge in [-0.1, -0.05) is 38.3 Å². The van der Waals surface area contributed by atoms with Crippen molar-refractivity contribution in [2.24, 2.45) is 0 Å². The van der Waals surface area contributed by atoms with Crippen LogP contribution in [0.25, 0.3) is 0 Å². The Labute approximate surface area is 172 Å². The highest BCUT2D eigenvalue weighted by Crippen LogP contribution is 2.27. The number of rotatable bonds is 11. The van der Waals surface area contributed by atoms with Crippen LogP contribution in [0.3, 0.4) is 0 Å². The van der Waals surface area contributed by atoms with Crippen molar-refractivity contribution in [1.29, 1.82) is 0 Å². The molecule has 0 unspecified atom stereocenters. The average Bonchev–Trinajstić information content (AvgIpc) is 2.73. The maximum absolute atomic E-state index is 12.2. The van der Waals surface area contributed by atoms with E-state index in [0.29, 0.717) is 5.92 Å². The van der Waals surface area contributed by atoms with Crippen LogP contribution in [0.1, 0.15) is 86.7 Å². The van der Waals surface area contributed by atoms with Crippen molar-refractivity contribution in [2.75, 3.05) is 0 Å². The van der Waals surface area contributed by atoms with E-state index in [1.807, 2.05) is 6.07 Å². The van der Waals surface area contributed by atoms with Gasteiger partial charge in [0.1, 0.15) is 0 Å². The van der Waals surface area contributed by atoms with Crippen LogP contribution >= 0.6 is 0 Å². The van der Waals surface area contributed by atoms with Crippen LogP contribution in [0.2, 0.25) is 0 Å². The van der Waals surface area contributed by atoms with E-state index in [-0.39, 0.29) is 5.88 Å². The molecule has 0 amide bonds. The van der Waals surface area contributed by atoms with Gasteiger partial charge in [0.2, 0.25) is 5.88 Å². The molecule has 2 heterocycles. The maximum atomic E-state index is 12.2. The maximum Gasteiger partial charge on any atom is 0.388 e. The number of halogens is 2. The highest BCUT2D eigenvalue weighted by atomic mass is 19.3. The summed E-state index contributed by atoms with van der Waals surface area (Å²) in [7, 11) is 0. The fraction of sp³-hybridized carbons (Fsp3) is 0.583. The summed E-state index contributed by atoms with van der Waals surface area (Å²) in [6.07, 6.45) is 14.6. The fourth-order valence-corrected chi connectivity index (χ4v) is 4.22. The molecule has 0 aromatic carbocycles. The van der Waals surface area contributed by atoms with Crippen LogP contribution in [-0.4, -0.2) is 16.6 Å². The number of hydrogen-bond acceptors (Lipinski definition) is 3. The first kappa shape index (κ1) is 21.7. The minimum absolute atomic E-state index is 0.0191. The molecule has 158 valence electrons. The van der Waals surface area contributed by atoms with Crippen LogP contribution in [-0.2, 0) is 19.3 Å². The van der Waals surface area contributed by atoms with Gasteiger partial charge in [0.25, 0.3) is 0 Å². The number of nitrogens with zero attached hydrogens (tertiary/aromatic N) is 2. The first-order chi connectivity index (χ1) is 14.2. The van der Waals surface area contributed by atoms with Crippen LogP contribution in [0.15, 0.2) is 30.5 Å². The summed E-state index contributed by atoms with van der Waals surface area (Å²) >= 11 is 0. The molecule has 0 saturated heterocycles. The minimum atomic E-state index is -2.83. The highest BCUT2D eigenvalue weighted by molar-refractivity contribution is 5.25. The fourth-order valence-electron chi connectivity index (χ4n) is 4.22. The second-order valence-corrected chi connectivity index (χ2v) is 7.98. The van der Waals surface area contributed by atoms with Gasteiger partial charge in [-0.05, 0) is 74.5 Å². The molecule has 0 radical (unpaired) electrons. The molecule has 0 spiro atoms. The van der Waals surface area contributed by atoms with E-state index in [1.165, 1.54) is 68.0 Å². The molecule has 5 heteroatoms. The van der Waals surface area contributed by atoms with E-state index < -0.39 is 6.61 Å². The topological polar surface area (TPSA) is 35.0 Å². The van der Waals surface area contributed by atoms with Gasteiger partial charge in [-0.25, -0.2) is 4.98 Å². The molecule has 0 saturated carbocycles. The highest BCUT2D eigenvalue weighted by Gasteiger charge is 2.12. The average molecular weight is 403 g/mol. The molecule has 2 aromatic rings. The van der Waals surface area contributed by atoms with E-state index in [0.717, 1.165) is 31.2 Å². The Hall–Kier alpha value is -2.04. The third-order valence-corrected chi connectivity index (χ3v) is 5.90. The molecule has 1 aliphatic rings. The van der Waals surface area contributed by atoms with Crippen molar-refractivity contribution in [1.82, 2.24) is 9.97 Å². The Morgan fingerprint density at radius 1 is 1.00 bits per heavy atom. The minimum Gasteiger partial charge on any atom is -0.417 e. The van der Waals surface area contributed by atoms with Crippen LogP contribution in [0.5, 0.6) is 5.88 Å². The van der Waals surface area contributed by atoms with Crippen molar-refractivity contribution in [2.45, 2.75) is 90.1 Å². The quantitative estimate of drug-likeness (QED) is 0.395. The SMILES string of the molecule is CC[C@H](CCCCCCc1ccc2c(n1)CCCC2)c1ccc(OC(F)F)nc1. The van der Waals surface area contributed by atoms with E-state index >= 15 is 0 Å². The molecule has 2 aromatic heterocycles. The van der Waals surface area contributed by atoms with Crippen molar-refractivity contribution >= 4 is 0 Å². The summed E-state index contributed by atoms with van der Waals surface area (Å²) in [6.45, 7) is -0.664. The summed E-state index contributed by atoms with van der Waals surface area (Å²) in [4.78, 5) is 8.87. The monoisotopic (exact) mass is 402 g/mol. The number of fused-ring (bicyclic) bond motifs is 1. The predicted molar refractivity (Wildman–Crippen MR) is 112 cm³/mol. The zero-order valence-corrected chi connectivity index (χ0v) is 17.4. The first-order valence-electron chi connectivity index (χ1n) is 11.0. The lowest BCUT2D eigenvalue weighted by Crippen LogP contribution is -2.07. The normalized spacial score (nSPS) is 14.6. The second-order valence-electron chi connectivity index (χ2n) is 7.98. The molecule has 3 rings (SSSR count). The number of alkyl halides is 2. The molecule has 0 fully saturated rings. The molecule has 0 aliphatic heterocycles.